The number of nitrogens with one attached hydrogen (secondary N) is 2. The van der Waals surface area contributed by atoms with Crippen LogP contribution < -0.4 is 10.6 Å². The quantitative estimate of drug-likeness (QED) is 0.887. The van der Waals surface area contributed by atoms with Crippen LogP contribution in [0.4, 0.5) is 5.69 Å². The summed E-state index contributed by atoms with van der Waals surface area (Å²) in [5.74, 6) is 0.0577. The Kier molecular flexibility index (Phi) is 3.78. The molecule has 2 N–H and O–H groups in total. The molecular formula is C15H18N4O. The molecule has 0 spiro atoms. The lowest BCUT2D eigenvalue weighted by atomic mass is 10.2. The van der Waals surface area contributed by atoms with E-state index in [9.17, 15) is 4.79 Å². The van der Waals surface area contributed by atoms with E-state index in [1.54, 1.807) is 6.20 Å². The molecule has 1 fully saturated rings. The highest BCUT2D eigenvalue weighted by atomic mass is 16.2. The molecule has 5 heteroatoms. The third-order valence-corrected chi connectivity index (χ3v) is 3.50. The predicted molar refractivity (Wildman–Crippen MR) is 77.4 cm³/mol. The highest BCUT2D eigenvalue weighted by Crippen LogP contribution is 2.13. The number of benzene rings is 1. The van der Waals surface area contributed by atoms with Crippen LogP contribution in [0.15, 0.2) is 42.7 Å². The number of hydrogen-bond donors (Lipinski definition) is 2. The first-order valence-electron chi connectivity index (χ1n) is 6.92. The normalized spacial score (nSPS) is 18.1. The Morgan fingerprint density at radius 1 is 1.40 bits per heavy atom. The zero-order chi connectivity index (χ0) is 13.8. The van der Waals surface area contributed by atoms with Gasteiger partial charge >= 0.3 is 0 Å². The zero-order valence-corrected chi connectivity index (χ0v) is 11.2. The van der Waals surface area contributed by atoms with Gasteiger partial charge in [-0.25, -0.2) is 0 Å². The average molecular weight is 270 g/mol. The van der Waals surface area contributed by atoms with Crippen LogP contribution in [0.2, 0.25) is 0 Å². The van der Waals surface area contributed by atoms with Crippen molar-refractivity contribution >= 4 is 11.6 Å². The SMILES string of the molecule is O=C(Nc1ccc(Cn2cccn2)cc1)[C@@H]1CCCN1. The molecule has 1 aliphatic heterocycles. The maximum atomic E-state index is 12.0. The van der Waals surface area contributed by atoms with Gasteiger partial charge in [-0.2, -0.15) is 5.10 Å². The first-order valence-corrected chi connectivity index (χ1v) is 6.92. The summed E-state index contributed by atoms with van der Waals surface area (Å²) in [6.07, 6.45) is 5.69. The Labute approximate surface area is 118 Å². The predicted octanol–water partition coefficient (Wildman–Crippen LogP) is 1.62. The molecule has 0 unspecified atom stereocenters. The monoisotopic (exact) mass is 270 g/mol. The zero-order valence-electron chi connectivity index (χ0n) is 11.2. The number of carbonyl (C=O) groups excluding carboxylic acids is 1. The van der Waals surface area contributed by atoms with Crippen LogP contribution in [0.25, 0.3) is 0 Å². The van der Waals surface area contributed by atoms with Crippen LogP contribution in [0.5, 0.6) is 0 Å². The number of amides is 1. The molecule has 1 saturated heterocycles. The Bertz CT molecular complexity index is 556. The lowest BCUT2D eigenvalue weighted by Crippen LogP contribution is -2.35. The highest BCUT2D eigenvalue weighted by Gasteiger charge is 2.21. The van der Waals surface area contributed by atoms with Crippen LogP contribution in [-0.2, 0) is 11.3 Å². The van der Waals surface area contributed by atoms with E-state index in [-0.39, 0.29) is 11.9 Å². The maximum absolute atomic E-state index is 12.0. The molecule has 2 heterocycles. The second-order valence-corrected chi connectivity index (χ2v) is 5.04. The second-order valence-electron chi connectivity index (χ2n) is 5.04. The van der Waals surface area contributed by atoms with E-state index in [4.69, 9.17) is 0 Å². The van der Waals surface area contributed by atoms with E-state index in [0.29, 0.717) is 0 Å². The summed E-state index contributed by atoms with van der Waals surface area (Å²) in [6.45, 7) is 1.67. The summed E-state index contributed by atoms with van der Waals surface area (Å²) < 4.78 is 1.87. The van der Waals surface area contributed by atoms with Gasteiger partial charge in [-0.15, -0.1) is 0 Å². The summed E-state index contributed by atoms with van der Waals surface area (Å²) in [6, 6.07) is 9.76. The van der Waals surface area contributed by atoms with Crippen molar-refractivity contribution in [1.82, 2.24) is 15.1 Å². The topological polar surface area (TPSA) is 59.0 Å². The minimum absolute atomic E-state index is 0.0428. The third-order valence-electron chi connectivity index (χ3n) is 3.50. The number of hydrogen-bond acceptors (Lipinski definition) is 3. The molecule has 5 nitrogen and oxygen atoms in total. The van der Waals surface area contributed by atoms with Crippen LogP contribution in [-0.4, -0.2) is 28.3 Å². The van der Waals surface area contributed by atoms with Crippen molar-refractivity contribution < 1.29 is 4.79 Å². The molecule has 0 saturated carbocycles. The molecule has 2 aromatic rings. The number of rotatable bonds is 4. The summed E-state index contributed by atoms with van der Waals surface area (Å²) in [5, 5.41) is 10.3. The van der Waals surface area contributed by atoms with Gasteiger partial charge in [0.05, 0.1) is 12.6 Å². The lowest BCUT2D eigenvalue weighted by molar-refractivity contribution is -0.117. The number of anilines is 1. The molecule has 104 valence electrons. The summed E-state index contributed by atoms with van der Waals surface area (Å²) in [5.41, 5.74) is 2.00. The van der Waals surface area contributed by atoms with Crippen molar-refractivity contribution in [2.75, 3.05) is 11.9 Å². The third kappa shape index (κ3) is 3.05. The van der Waals surface area contributed by atoms with Gasteiger partial charge in [-0.05, 0) is 43.1 Å². The Hall–Kier alpha value is -2.14. The second kappa shape index (κ2) is 5.88. The molecule has 1 atom stereocenters. The first-order chi connectivity index (χ1) is 9.81. The standard InChI is InChI=1S/C15H18N4O/c20-15(14-3-1-8-16-14)18-13-6-4-12(5-7-13)11-19-10-2-9-17-19/h2,4-7,9-10,14,16H,1,3,8,11H2,(H,18,20)/t14-/m0/s1. The molecule has 1 amide bonds. The fourth-order valence-electron chi connectivity index (χ4n) is 2.41. The smallest absolute Gasteiger partial charge is 0.241 e. The van der Waals surface area contributed by atoms with E-state index in [1.807, 2.05) is 41.2 Å². The molecule has 1 aromatic heterocycles. The van der Waals surface area contributed by atoms with E-state index >= 15 is 0 Å². The van der Waals surface area contributed by atoms with E-state index in [1.165, 1.54) is 0 Å². The van der Waals surface area contributed by atoms with E-state index < -0.39 is 0 Å². The molecular weight excluding hydrogens is 252 g/mol. The Morgan fingerprint density at radius 2 is 2.25 bits per heavy atom. The lowest BCUT2D eigenvalue weighted by Gasteiger charge is -2.11. The molecule has 1 aliphatic rings. The largest absolute Gasteiger partial charge is 0.325 e. The minimum Gasteiger partial charge on any atom is -0.325 e. The van der Waals surface area contributed by atoms with Crippen LogP contribution in [0, 0.1) is 0 Å². The Morgan fingerprint density at radius 3 is 2.90 bits per heavy atom. The molecule has 3 rings (SSSR count). The van der Waals surface area contributed by atoms with E-state index in [0.717, 1.165) is 37.2 Å². The summed E-state index contributed by atoms with van der Waals surface area (Å²) in [4.78, 5) is 12.0. The Balaban J connectivity index is 1.59. The highest BCUT2D eigenvalue weighted by molar-refractivity contribution is 5.95. The number of nitrogens with zero attached hydrogens (tertiary/aromatic N) is 2. The van der Waals surface area contributed by atoms with Crippen molar-refractivity contribution in [3.63, 3.8) is 0 Å². The van der Waals surface area contributed by atoms with Gasteiger partial charge in [0.1, 0.15) is 0 Å². The van der Waals surface area contributed by atoms with Gasteiger partial charge in [0.15, 0.2) is 0 Å². The van der Waals surface area contributed by atoms with Gasteiger partial charge in [-0.1, -0.05) is 12.1 Å². The molecule has 20 heavy (non-hydrogen) atoms. The van der Waals surface area contributed by atoms with Gasteiger partial charge in [0.25, 0.3) is 0 Å². The first kappa shape index (κ1) is 12.9. The molecule has 1 aromatic carbocycles. The molecule has 0 radical (unpaired) electrons. The van der Waals surface area contributed by atoms with Gasteiger partial charge < -0.3 is 10.6 Å². The van der Waals surface area contributed by atoms with Crippen molar-refractivity contribution in [2.24, 2.45) is 0 Å². The fraction of sp³-hybridized carbons (Fsp3) is 0.333. The molecule has 0 bridgehead atoms. The van der Waals surface area contributed by atoms with Gasteiger partial charge in [-0.3, -0.25) is 9.48 Å². The number of aromatic nitrogens is 2. The van der Waals surface area contributed by atoms with Crippen molar-refractivity contribution in [1.29, 1.82) is 0 Å². The van der Waals surface area contributed by atoms with Crippen molar-refractivity contribution in [3.05, 3.63) is 48.3 Å². The minimum atomic E-state index is -0.0428. The maximum Gasteiger partial charge on any atom is 0.241 e. The average Bonchev–Trinajstić information content (AvgIpc) is 3.13. The summed E-state index contributed by atoms with van der Waals surface area (Å²) in [7, 11) is 0. The fourth-order valence-corrected chi connectivity index (χ4v) is 2.41. The van der Waals surface area contributed by atoms with Crippen LogP contribution in [0.3, 0.4) is 0 Å². The van der Waals surface area contributed by atoms with Crippen molar-refractivity contribution in [3.8, 4) is 0 Å². The molecule has 0 aliphatic carbocycles. The van der Waals surface area contributed by atoms with Crippen molar-refractivity contribution in [2.45, 2.75) is 25.4 Å². The van der Waals surface area contributed by atoms with Gasteiger partial charge in [0, 0.05) is 18.1 Å². The van der Waals surface area contributed by atoms with Gasteiger partial charge in [0.2, 0.25) is 5.91 Å². The van der Waals surface area contributed by atoms with Crippen LogP contribution in [0.1, 0.15) is 18.4 Å². The number of carbonyl (C=O) groups is 1. The van der Waals surface area contributed by atoms with E-state index in [2.05, 4.69) is 15.7 Å². The van der Waals surface area contributed by atoms with Crippen LogP contribution >= 0.6 is 0 Å². The summed E-state index contributed by atoms with van der Waals surface area (Å²) >= 11 is 0.